The smallest absolute Gasteiger partial charge is 0.248 e. The molecule has 0 radical (unpaired) electrons. The van der Waals surface area contributed by atoms with E-state index in [2.05, 4.69) is 10.6 Å². The number of nitrogens with one attached hydrogen (secondary N) is 2. The van der Waals surface area contributed by atoms with Crippen molar-refractivity contribution < 1.29 is 19.1 Å². The highest BCUT2D eigenvalue weighted by atomic mass is 19.1. The fourth-order valence-corrected chi connectivity index (χ4v) is 2.16. The van der Waals surface area contributed by atoms with Crippen molar-refractivity contribution in [3.63, 3.8) is 0 Å². The maximum atomic E-state index is 12.7. The first-order valence-corrected chi connectivity index (χ1v) is 7.24. The molecule has 0 aromatic heterocycles. The summed E-state index contributed by atoms with van der Waals surface area (Å²) in [7, 11) is 0. The Bertz CT molecular complexity index is 553. The molecule has 2 rings (SSSR count). The first-order valence-electron chi connectivity index (χ1n) is 7.24. The Hall–Kier alpha value is -2.21. The van der Waals surface area contributed by atoms with Crippen molar-refractivity contribution in [1.82, 2.24) is 5.32 Å². The highest BCUT2D eigenvalue weighted by molar-refractivity contribution is 6.03. The zero-order valence-electron chi connectivity index (χ0n) is 12.1. The fourth-order valence-electron chi connectivity index (χ4n) is 2.16. The van der Waals surface area contributed by atoms with Gasteiger partial charge in [-0.25, -0.2) is 4.39 Å². The quantitative estimate of drug-likeness (QED) is 0.670. The number of hydrogen-bond acceptors (Lipinski definition) is 3. The van der Waals surface area contributed by atoms with Gasteiger partial charge in [0.15, 0.2) is 0 Å². The number of aliphatic hydroxyl groups is 1. The summed E-state index contributed by atoms with van der Waals surface area (Å²) in [6.07, 6.45) is 4.92. The lowest BCUT2D eigenvalue weighted by Crippen LogP contribution is -2.36. The summed E-state index contributed by atoms with van der Waals surface area (Å²) < 4.78 is 12.7. The topological polar surface area (TPSA) is 78.4 Å². The van der Waals surface area contributed by atoms with E-state index in [1.165, 1.54) is 24.3 Å². The Labute approximate surface area is 128 Å². The summed E-state index contributed by atoms with van der Waals surface area (Å²) in [4.78, 5) is 23.4. The summed E-state index contributed by atoms with van der Waals surface area (Å²) in [6, 6.07) is 5.31. The summed E-state index contributed by atoms with van der Waals surface area (Å²) >= 11 is 0. The molecule has 22 heavy (non-hydrogen) atoms. The highest BCUT2D eigenvalue weighted by Gasteiger charge is 2.31. The molecule has 1 aromatic carbocycles. The second kappa shape index (κ2) is 7.70. The number of aliphatic hydroxyl groups excluding tert-OH is 1. The molecule has 0 heterocycles. The summed E-state index contributed by atoms with van der Waals surface area (Å²) in [5.41, 5.74) is 0.451. The van der Waals surface area contributed by atoms with Gasteiger partial charge in [0.1, 0.15) is 5.82 Å². The minimum Gasteiger partial charge on any atom is -0.396 e. The second-order valence-corrected chi connectivity index (χ2v) is 5.29. The van der Waals surface area contributed by atoms with E-state index in [0.717, 1.165) is 25.0 Å². The van der Waals surface area contributed by atoms with Crippen LogP contribution in [-0.4, -0.2) is 29.6 Å². The third-order valence-corrected chi connectivity index (χ3v) is 3.46. The van der Waals surface area contributed by atoms with Gasteiger partial charge >= 0.3 is 0 Å². The van der Waals surface area contributed by atoms with Crippen molar-refractivity contribution in [2.75, 3.05) is 11.9 Å². The van der Waals surface area contributed by atoms with Crippen LogP contribution in [0.2, 0.25) is 0 Å². The van der Waals surface area contributed by atoms with Crippen LogP contribution in [0.4, 0.5) is 10.1 Å². The van der Waals surface area contributed by atoms with Gasteiger partial charge in [-0.1, -0.05) is 0 Å². The molecule has 0 spiro atoms. The lowest BCUT2D eigenvalue weighted by atomic mass is 10.1. The predicted molar refractivity (Wildman–Crippen MR) is 80.5 cm³/mol. The van der Waals surface area contributed by atoms with Crippen LogP contribution in [-0.2, 0) is 9.59 Å². The number of amides is 2. The molecule has 3 N–H and O–H groups in total. The van der Waals surface area contributed by atoms with Crippen molar-refractivity contribution in [2.45, 2.75) is 25.3 Å². The van der Waals surface area contributed by atoms with Crippen molar-refractivity contribution in [1.29, 1.82) is 0 Å². The van der Waals surface area contributed by atoms with Crippen molar-refractivity contribution >= 4 is 17.5 Å². The lowest BCUT2D eigenvalue weighted by Gasteiger charge is -2.15. The van der Waals surface area contributed by atoms with E-state index < -0.39 is 5.91 Å². The van der Waals surface area contributed by atoms with E-state index in [1.807, 2.05) is 0 Å². The molecule has 1 saturated carbocycles. The number of carbonyl (C=O) groups excluding carboxylic acids is 2. The maximum Gasteiger partial charge on any atom is 0.248 e. The highest BCUT2D eigenvalue weighted by Crippen LogP contribution is 2.33. The molecule has 0 aliphatic heterocycles. The molecule has 118 valence electrons. The van der Waals surface area contributed by atoms with Crippen LogP contribution >= 0.6 is 0 Å². The van der Waals surface area contributed by atoms with Crippen LogP contribution in [0.3, 0.4) is 0 Å². The minimum absolute atomic E-state index is 0.0240. The molecule has 1 unspecified atom stereocenters. The average molecular weight is 306 g/mol. The Morgan fingerprint density at radius 2 is 1.86 bits per heavy atom. The van der Waals surface area contributed by atoms with Gasteiger partial charge in [-0.2, -0.15) is 0 Å². The van der Waals surface area contributed by atoms with Gasteiger partial charge in [-0.05, 0) is 49.4 Å². The maximum absolute atomic E-state index is 12.7. The summed E-state index contributed by atoms with van der Waals surface area (Å²) in [5, 5.41) is 14.3. The number of halogens is 1. The zero-order chi connectivity index (χ0) is 15.9. The average Bonchev–Trinajstić information content (AvgIpc) is 3.32. The Morgan fingerprint density at radius 3 is 2.45 bits per heavy atom. The summed E-state index contributed by atoms with van der Waals surface area (Å²) in [5.74, 6) is -0.785. The van der Waals surface area contributed by atoms with E-state index in [1.54, 1.807) is 0 Å². The molecular formula is C16H19FN2O3. The van der Waals surface area contributed by atoms with Crippen LogP contribution in [0.1, 0.15) is 19.3 Å². The zero-order valence-corrected chi connectivity index (χ0v) is 12.1. The molecular weight excluding hydrogens is 287 g/mol. The first kappa shape index (κ1) is 16.2. The molecule has 1 aliphatic rings. The Balaban J connectivity index is 1.80. The first-order chi connectivity index (χ1) is 10.6. The normalized spacial score (nSPS) is 15.5. The molecule has 1 aliphatic carbocycles. The molecule has 0 saturated heterocycles. The van der Waals surface area contributed by atoms with Gasteiger partial charge in [0.25, 0.3) is 0 Å². The molecule has 6 heteroatoms. The Kier molecular flexibility index (Phi) is 5.66. The molecule has 1 fully saturated rings. The fraction of sp³-hybridized carbons (Fsp3) is 0.375. The second-order valence-electron chi connectivity index (χ2n) is 5.29. The largest absolute Gasteiger partial charge is 0.396 e. The standard InChI is InChI=1S/C16H19FN2O3/c17-12-3-5-13(6-4-12)18-15(21)7-8-16(22)19-14(9-10-20)11-1-2-11/h3-8,11,14,20H,1-2,9-10H2,(H,18,21)(H,19,22)/b8-7+. The van der Waals surface area contributed by atoms with Crippen molar-refractivity contribution in [3.8, 4) is 0 Å². The number of benzene rings is 1. The van der Waals surface area contributed by atoms with Crippen LogP contribution in [0.25, 0.3) is 0 Å². The monoisotopic (exact) mass is 306 g/mol. The third-order valence-electron chi connectivity index (χ3n) is 3.46. The number of carbonyl (C=O) groups is 2. The van der Waals surface area contributed by atoms with Gasteiger partial charge in [0.05, 0.1) is 0 Å². The molecule has 5 nitrogen and oxygen atoms in total. The van der Waals surface area contributed by atoms with Gasteiger partial charge in [-0.3, -0.25) is 9.59 Å². The van der Waals surface area contributed by atoms with Crippen molar-refractivity contribution in [3.05, 3.63) is 42.2 Å². The van der Waals surface area contributed by atoms with Crippen LogP contribution < -0.4 is 10.6 Å². The van der Waals surface area contributed by atoms with Gasteiger partial charge < -0.3 is 15.7 Å². The molecule has 1 aromatic rings. The SMILES string of the molecule is O=C(/C=C/C(=O)NC(CCO)C1CC1)Nc1ccc(F)cc1. The van der Waals surface area contributed by atoms with Gasteiger partial charge in [-0.15, -0.1) is 0 Å². The van der Waals surface area contributed by atoms with E-state index in [9.17, 15) is 14.0 Å². The van der Waals surface area contributed by atoms with Crippen molar-refractivity contribution in [2.24, 2.45) is 5.92 Å². The number of anilines is 1. The third kappa shape index (κ3) is 5.29. The number of hydrogen-bond donors (Lipinski definition) is 3. The Morgan fingerprint density at radius 1 is 1.23 bits per heavy atom. The lowest BCUT2D eigenvalue weighted by molar-refractivity contribution is -0.118. The van der Waals surface area contributed by atoms with Gasteiger partial charge in [0.2, 0.25) is 11.8 Å². The van der Waals surface area contributed by atoms with Gasteiger partial charge in [0, 0.05) is 30.5 Å². The van der Waals surface area contributed by atoms with Crippen LogP contribution in [0, 0.1) is 11.7 Å². The summed E-state index contributed by atoms with van der Waals surface area (Å²) in [6.45, 7) is 0.0240. The minimum atomic E-state index is -0.466. The molecule has 2 amide bonds. The van der Waals surface area contributed by atoms with Crippen LogP contribution in [0.15, 0.2) is 36.4 Å². The van der Waals surface area contributed by atoms with E-state index in [4.69, 9.17) is 5.11 Å². The molecule has 0 bridgehead atoms. The number of rotatable bonds is 7. The van der Waals surface area contributed by atoms with E-state index >= 15 is 0 Å². The predicted octanol–water partition coefficient (Wildman–Crippen LogP) is 1.60. The van der Waals surface area contributed by atoms with E-state index in [0.29, 0.717) is 18.0 Å². The van der Waals surface area contributed by atoms with E-state index in [-0.39, 0.29) is 24.4 Å². The molecule has 1 atom stereocenters. The van der Waals surface area contributed by atoms with Crippen LogP contribution in [0.5, 0.6) is 0 Å².